The first kappa shape index (κ1) is 81.7. The van der Waals surface area contributed by atoms with E-state index in [9.17, 15) is 39.5 Å². The lowest BCUT2D eigenvalue weighted by Crippen LogP contribution is -2.41. The Morgan fingerprint density at radius 2 is 0.728 bits per heavy atom. The molecule has 10 aromatic heterocycles. The Kier molecular flexibility index (Phi) is 24.3. The molecule has 4 N–H and O–H groups in total. The highest BCUT2D eigenvalue weighted by Crippen LogP contribution is 2.43. The summed E-state index contributed by atoms with van der Waals surface area (Å²) < 4.78 is 9.90. The monoisotopic (exact) mass is 1660 g/mol. The largest absolute Gasteiger partial charge is 0.374 e. The van der Waals surface area contributed by atoms with E-state index in [4.69, 9.17) is 80.3 Å². The molecule has 574 valence electrons. The quantitative estimate of drug-likeness (QED) is 0.0518. The molecule has 0 saturated carbocycles. The molecule has 6 aromatic carbocycles. The molecule has 0 amide bonds. The zero-order valence-electron chi connectivity index (χ0n) is 61.3. The number of benzene rings is 6. The number of carbonyl (C=O) groups is 1. The maximum Gasteiger partial charge on any atom is 0.287 e. The van der Waals surface area contributed by atoms with Gasteiger partial charge in [-0.2, -0.15) is 13.5 Å². The SMILES string of the molecule is Cn1cncc1C(O)(c1ccc(Cl)cc1)c1cnc2c(c1)c(-c1cccc(Cl)c1)cc(=O)n2C.Cn1cncc1[C@@](N)(c1ccc(Cl)cc1)c1cnc2c(c1)c(-c1cccc(Cl)c1)cc(=O)n2C.Cn1cncc1[C@@](O)(c1ccc(Cl)cc1)c1cnc2c(c1)c(-c1cccc(Cl)c1)cc(=O)n2C.O=Cc1ccc([N+](=O)[O-])cn1.S. The van der Waals surface area contributed by atoms with Crippen LogP contribution in [0, 0.1) is 10.1 Å². The van der Waals surface area contributed by atoms with Crippen LogP contribution in [0.1, 0.15) is 61.0 Å². The Labute approximate surface area is 687 Å². The van der Waals surface area contributed by atoms with Crippen molar-refractivity contribution >= 4 is 128 Å². The number of nitro groups is 1. The van der Waals surface area contributed by atoms with Crippen molar-refractivity contribution in [2.75, 3.05) is 0 Å². The van der Waals surface area contributed by atoms with Crippen LogP contribution in [-0.2, 0) is 59.0 Å². The Hall–Kier alpha value is -11.8. The van der Waals surface area contributed by atoms with E-state index < -0.39 is 21.7 Å². The molecule has 0 aliphatic heterocycles. The third-order valence-electron chi connectivity index (χ3n) is 19.4. The number of pyridine rings is 7. The molecule has 0 fully saturated rings. The Morgan fingerprint density at radius 3 is 1.04 bits per heavy atom. The van der Waals surface area contributed by atoms with E-state index in [2.05, 4.69) is 29.9 Å². The first-order valence-electron chi connectivity index (χ1n) is 34.4. The standard InChI is InChI=1S/C26H21Cl2N5O.2C26H20Cl2N4O2.C6H4N2O3.H2S/c1-32-15-30-14-23(32)26(29,17-6-8-19(27)9-7-17)18-11-22-21(16-4-3-5-20(28)10-16)12-24(34)33(2)25(22)31-13-18;2*1-31-15-29-14-23(31)26(34,17-6-8-19(27)9-7-17)18-11-22-21(16-4-3-5-20(28)10-16)12-24(33)32(2)25(22)30-13-18;9-4-5-1-2-6(3-7-5)8(10)11;/h3-15H,29H2,1-2H3;2*3-15,34H,1-2H3;1-4H;1H2/t2*26-;;;/m11.../s1. The van der Waals surface area contributed by atoms with E-state index in [0.717, 1.165) is 50.7 Å². The van der Waals surface area contributed by atoms with Crippen LogP contribution in [0.2, 0.25) is 30.1 Å². The van der Waals surface area contributed by atoms with Crippen LogP contribution in [0.3, 0.4) is 0 Å². The van der Waals surface area contributed by atoms with Crippen molar-refractivity contribution in [3.05, 3.63) is 384 Å². The molecule has 0 aliphatic carbocycles. The zero-order chi connectivity index (χ0) is 80.4. The number of hydrogen-bond acceptors (Lipinski definition) is 16. The molecule has 114 heavy (non-hydrogen) atoms. The van der Waals surface area contributed by atoms with Crippen LogP contribution in [-0.4, -0.2) is 83.7 Å². The average Bonchev–Trinajstić information content (AvgIpc) is 1.25. The first-order chi connectivity index (χ1) is 54.1. The zero-order valence-corrected chi connectivity index (χ0v) is 66.8. The molecular weight excluding hydrogens is 1590 g/mol. The lowest BCUT2D eigenvalue weighted by Gasteiger charge is -2.31. The molecule has 30 heteroatoms. The fourth-order valence-electron chi connectivity index (χ4n) is 13.5. The molecule has 16 aromatic rings. The van der Waals surface area contributed by atoms with Crippen LogP contribution in [0.15, 0.2) is 271 Å². The van der Waals surface area contributed by atoms with Gasteiger partial charge in [0.15, 0.2) is 17.5 Å². The number of aldehydes is 1. The van der Waals surface area contributed by atoms with Crippen LogP contribution in [0.5, 0.6) is 0 Å². The van der Waals surface area contributed by atoms with Crippen molar-refractivity contribution in [2.24, 2.45) is 48.0 Å². The van der Waals surface area contributed by atoms with Gasteiger partial charge in [-0.05, 0) is 147 Å². The lowest BCUT2D eigenvalue weighted by atomic mass is 9.81. The van der Waals surface area contributed by atoms with Gasteiger partial charge in [0.25, 0.3) is 22.4 Å². The number of rotatable bonds is 14. The number of aryl methyl sites for hydroxylation is 6. The number of hydrogen-bond donors (Lipinski definition) is 3. The molecule has 0 bridgehead atoms. The van der Waals surface area contributed by atoms with Crippen LogP contribution in [0.4, 0.5) is 5.69 Å². The smallest absolute Gasteiger partial charge is 0.287 e. The second-order valence-corrected chi connectivity index (χ2v) is 29.0. The number of nitrogens with two attached hydrogens (primary N) is 1. The lowest BCUT2D eigenvalue weighted by molar-refractivity contribution is -0.385. The highest BCUT2D eigenvalue weighted by Gasteiger charge is 2.40. The number of fused-ring (bicyclic) bond motifs is 3. The average molecular weight is 1660 g/mol. The van der Waals surface area contributed by atoms with Crippen LogP contribution >= 0.6 is 83.1 Å². The summed E-state index contributed by atoms with van der Waals surface area (Å²) in [7, 11) is 10.6. The van der Waals surface area contributed by atoms with Crippen molar-refractivity contribution in [3.8, 4) is 33.4 Å². The van der Waals surface area contributed by atoms with Gasteiger partial charge in [-0.25, -0.2) is 34.9 Å². The van der Waals surface area contributed by atoms with Gasteiger partial charge in [-0.1, -0.05) is 142 Å². The molecular formula is C84H67Cl6N15O8S. The Balaban J connectivity index is 0.000000147. The number of imidazole rings is 3. The van der Waals surface area contributed by atoms with Gasteiger partial charge in [0, 0.05) is 148 Å². The Bertz CT molecular complexity index is 5950. The van der Waals surface area contributed by atoms with Gasteiger partial charge in [-0.3, -0.25) is 43.0 Å². The normalized spacial score (nSPS) is 12.7. The molecule has 10 heterocycles. The second-order valence-electron chi connectivity index (χ2n) is 26.4. The van der Waals surface area contributed by atoms with Gasteiger partial charge < -0.3 is 29.6 Å². The van der Waals surface area contributed by atoms with E-state index in [1.165, 1.54) is 25.8 Å². The van der Waals surface area contributed by atoms with Crippen LogP contribution in [0.25, 0.3) is 66.5 Å². The number of nitrogens with zero attached hydrogens (tertiary/aromatic N) is 14. The maximum absolute atomic E-state index is 12.7. The van der Waals surface area contributed by atoms with Crippen molar-refractivity contribution in [3.63, 3.8) is 0 Å². The second kappa shape index (κ2) is 33.9. The fraction of sp³-hybridized carbons (Fsp3) is 0.107. The first-order valence-corrected chi connectivity index (χ1v) is 36.6. The van der Waals surface area contributed by atoms with E-state index in [1.54, 1.807) is 184 Å². The number of aromatic nitrogens is 13. The highest BCUT2D eigenvalue weighted by atomic mass is 35.5. The topological polar surface area (TPSA) is 298 Å². The predicted octanol–water partition coefficient (Wildman–Crippen LogP) is 15.7. The van der Waals surface area contributed by atoms with Crippen LogP contribution < -0.4 is 22.4 Å². The number of aliphatic hydroxyl groups is 2. The molecule has 16 rings (SSSR count). The third kappa shape index (κ3) is 16.1. The van der Waals surface area contributed by atoms with E-state index in [1.807, 2.05) is 111 Å². The van der Waals surface area contributed by atoms with Gasteiger partial charge in [0.1, 0.15) is 34.4 Å². The summed E-state index contributed by atoms with van der Waals surface area (Å²) in [4.78, 5) is 87.8. The minimum Gasteiger partial charge on any atom is -0.374 e. The highest BCUT2D eigenvalue weighted by molar-refractivity contribution is 7.59. The Morgan fingerprint density at radius 1 is 0.395 bits per heavy atom. The van der Waals surface area contributed by atoms with Crippen molar-refractivity contribution < 1.29 is 19.9 Å². The number of carbonyl (C=O) groups excluding carboxylic acids is 1. The molecule has 3 atom stereocenters. The summed E-state index contributed by atoms with van der Waals surface area (Å²) in [6.45, 7) is 0. The minimum absolute atomic E-state index is 0. The third-order valence-corrected chi connectivity index (χ3v) is 20.9. The van der Waals surface area contributed by atoms with E-state index in [-0.39, 0.29) is 41.6 Å². The fourth-order valence-corrected chi connectivity index (χ4v) is 14.4. The molecule has 1 unspecified atom stereocenters. The van der Waals surface area contributed by atoms with Crippen molar-refractivity contribution in [1.82, 2.24) is 62.3 Å². The molecule has 0 aliphatic rings. The summed E-state index contributed by atoms with van der Waals surface area (Å²) in [6, 6.07) is 56.4. The molecule has 0 radical (unpaired) electrons. The predicted molar refractivity (Wildman–Crippen MR) is 451 cm³/mol. The summed E-state index contributed by atoms with van der Waals surface area (Å²) in [5.74, 6) is 0. The molecule has 0 spiro atoms. The number of halogens is 6. The van der Waals surface area contributed by atoms with Gasteiger partial charge in [0.2, 0.25) is 0 Å². The van der Waals surface area contributed by atoms with E-state index >= 15 is 0 Å². The molecule has 0 saturated heterocycles. The van der Waals surface area contributed by atoms with Gasteiger partial charge in [0.05, 0.1) is 59.6 Å². The minimum atomic E-state index is -1.57. The van der Waals surface area contributed by atoms with Gasteiger partial charge >= 0.3 is 0 Å². The summed E-state index contributed by atoms with van der Waals surface area (Å²) >= 11 is 37.1. The summed E-state index contributed by atoms with van der Waals surface area (Å²) in [6.07, 6.45) is 16.4. The van der Waals surface area contributed by atoms with Gasteiger partial charge in [-0.15, -0.1) is 0 Å². The molecule has 23 nitrogen and oxygen atoms in total. The summed E-state index contributed by atoms with van der Waals surface area (Å²) in [5, 5.41) is 40.2. The summed E-state index contributed by atoms with van der Waals surface area (Å²) in [5.41, 5.74) is 14.3. The van der Waals surface area contributed by atoms with Crippen molar-refractivity contribution in [2.45, 2.75) is 16.7 Å². The van der Waals surface area contributed by atoms with Crippen molar-refractivity contribution in [1.29, 1.82) is 0 Å². The maximum atomic E-state index is 12.7. The van der Waals surface area contributed by atoms with E-state index in [0.29, 0.717) is 109 Å².